The molecule has 1 N–H and O–H groups in total. The normalized spacial score (nSPS) is 15.7. The molecule has 1 saturated carbocycles. The minimum atomic E-state index is -0.312. The van der Waals surface area contributed by atoms with Crippen molar-refractivity contribution in [1.29, 1.82) is 0 Å². The van der Waals surface area contributed by atoms with Gasteiger partial charge in [0.05, 0.1) is 11.7 Å². The third kappa shape index (κ3) is 2.61. The summed E-state index contributed by atoms with van der Waals surface area (Å²) in [6, 6.07) is 9.99. The highest BCUT2D eigenvalue weighted by Crippen LogP contribution is 2.41. The van der Waals surface area contributed by atoms with Gasteiger partial charge in [-0.15, -0.1) is 0 Å². The number of carbonyl (C=O) groups is 1. The molecule has 0 aliphatic heterocycles. The summed E-state index contributed by atoms with van der Waals surface area (Å²) in [6.45, 7) is -0.0503. The molecule has 0 bridgehead atoms. The summed E-state index contributed by atoms with van der Waals surface area (Å²) in [5.41, 5.74) is 1.06. The minimum Gasteiger partial charge on any atom is -0.345 e. The SMILES string of the molecule is Cn1ncc2c(=O)n(CC(=O)NC3(c4ccccc4)CCC3)cnc21. The maximum Gasteiger partial charge on any atom is 0.264 e. The van der Waals surface area contributed by atoms with Crippen molar-refractivity contribution in [2.24, 2.45) is 7.05 Å². The Labute approximate surface area is 144 Å². The fourth-order valence-corrected chi connectivity index (χ4v) is 3.41. The van der Waals surface area contributed by atoms with Crippen LogP contribution in [0.1, 0.15) is 24.8 Å². The van der Waals surface area contributed by atoms with Gasteiger partial charge in [0.15, 0.2) is 5.65 Å². The van der Waals surface area contributed by atoms with Crippen LogP contribution in [0, 0.1) is 0 Å². The van der Waals surface area contributed by atoms with Crippen LogP contribution in [0.2, 0.25) is 0 Å². The molecule has 0 atom stereocenters. The molecule has 4 rings (SSSR count). The molecule has 3 aromatic rings. The van der Waals surface area contributed by atoms with E-state index in [0.29, 0.717) is 11.0 Å². The molecule has 7 nitrogen and oxygen atoms in total. The lowest BCUT2D eigenvalue weighted by atomic mass is 9.72. The number of nitrogens with zero attached hydrogens (tertiary/aromatic N) is 4. The molecule has 2 heterocycles. The molecule has 7 heteroatoms. The summed E-state index contributed by atoms with van der Waals surface area (Å²) in [7, 11) is 1.73. The first-order valence-corrected chi connectivity index (χ1v) is 8.33. The van der Waals surface area contributed by atoms with Crippen LogP contribution in [0.5, 0.6) is 0 Å². The number of nitrogens with one attached hydrogen (secondary N) is 1. The average Bonchev–Trinajstić information content (AvgIpc) is 2.96. The number of rotatable bonds is 4. The molecule has 0 radical (unpaired) electrons. The number of fused-ring (bicyclic) bond motifs is 1. The van der Waals surface area contributed by atoms with Crippen molar-refractivity contribution in [1.82, 2.24) is 24.6 Å². The van der Waals surface area contributed by atoms with Crippen LogP contribution >= 0.6 is 0 Å². The molecule has 1 fully saturated rings. The van der Waals surface area contributed by atoms with E-state index < -0.39 is 0 Å². The van der Waals surface area contributed by atoms with Crippen LogP contribution in [-0.4, -0.2) is 25.2 Å². The molecule has 0 spiro atoms. The topological polar surface area (TPSA) is 81.8 Å². The van der Waals surface area contributed by atoms with Gasteiger partial charge in [-0.05, 0) is 24.8 Å². The van der Waals surface area contributed by atoms with Crippen molar-refractivity contribution in [2.75, 3.05) is 0 Å². The van der Waals surface area contributed by atoms with Gasteiger partial charge in [-0.1, -0.05) is 30.3 Å². The second-order valence-electron chi connectivity index (χ2n) is 6.53. The van der Waals surface area contributed by atoms with Gasteiger partial charge >= 0.3 is 0 Å². The Hall–Kier alpha value is -2.96. The van der Waals surface area contributed by atoms with Gasteiger partial charge in [-0.3, -0.25) is 18.8 Å². The van der Waals surface area contributed by atoms with Crippen LogP contribution in [0.3, 0.4) is 0 Å². The van der Waals surface area contributed by atoms with Crippen LogP contribution in [0.25, 0.3) is 11.0 Å². The fraction of sp³-hybridized carbons (Fsp3) is 0.333. The molecule has 1 amide bonds. The standard InChI is InChI=1S/C18H19N5O2/c1-22-16-14(10-20-22)17(25)23(12-19-16)11-15(24)21-18(8-5-9-18)13-6-3-2-4-7-13/h2-4,6-7,10,12H,5,8-9,11H2,1H3,(H,21,24). The zero-order chi connectivity index (χ0) is 17.4. The zero-order valence-corrected chi connectivity index (χ0v) is 14.0. The Kier molecular flexibility index (Phi) is 3.63. The predicted molar refractivity (Wildman–Crippen MR) is 92.9 cm³/mol. The Balaban J connectivity index is 1.56. The molecular formula is C18H19N5O2. The van der Waals surface area contributed by atoms with Crippen LogP contribution < -0.4 is 10.9 Å². The van der Waals surface area contributed by atoms with E-state index in [1.54, 1.807) is 11.7 Å². The maximum absolute atomic E-state index is 12.6. The Morgan fingerprint density at radius 3 is 2.72 bits per heavy atom. The lowest BCUT2D eigenvalue weighted by Crippen LogP contribution is -2.52. The molecule has 2 aromatic heterocycles. The van der Waals surface area contributed by atoms with E-state index in [4.69, 9.17) is 0 Å². The van der Waals surface area contributed by atoms with E-state index in [-0.39, 0.29) is 23.6 Å². The van der Waals surface area contributed by atoms with Gasteiger partial charge in [0.2, 0.25) is 5.91 Å². The molecule has 0 saturated heterocycles. The number of hydrogen-bond acceptors (Lipinski definition) is 4. The van der Waals surface area contributed by atoms with E-state index in [2.05, 4.69) is 15.4 Å². The van der Waals surface area contributed by atoms with Gasteiger partial charge in [0.25, 0.3) is 5.56 Å². The second-order valence-corrected chi connectivity index (χ2v) is 6.53. The largest absolute Gasteiger partial charge is 0.345 e. The van der Waals surface area contributed by atoms with Crippen LogP contribution in [0.15, 0.2) is 47.7 Å². The molecule has 0 unspecified atom stereocenters. The van der Waals surface area contributed by atoms with Crippen molar-refractivity contribution >= 4 is 16.9 Å². The fourth-order valence-electron chi connectivity index (χ4n) is 3.41. The van der Waals surface area contributed by atoms with Crippen LogP contribution in [0.4, 0.5) is 0 Å². The zero-order valence-electron chi connectivity index (χ0n) is 14.0. The Morgan fingerprint density at radius 2 is 2.04 bits per heavy atom. The van der Waals surface area contributed by atoms with Gasteiger partial charge in [0.1, 0.15) is 18.3 Å². The average molecular weight is 337 g/mol. The number of aryl methyl sites for hydroxylation is 1. The lowest BCUT2D eigenvalue weighted by Gasteiger charge is -2.43. The number of amides is 1. The van der Waals surface area contributed by atoms with E-state index in [9.17, 15) is 9.59 Å². The van der Waals surface area contributed by atoms with Crippen molar-refractivity contribution < 1.29 is 4.79 Å². The first-order chi connectivity index (χ1) is 12.1. The van der Waals surface area contributed by atoms with Crippen molar-refractivity contribution in [2.45, 2.75) is 31.3 Å². The highest BCUT2D eigenvalue weighted by Gasteiger charge is 2.39. The highest BCUT2D eigenvalue weighted by molar-refractivity contribution is 5.78. The summed E-state index contributed by atoms with van der Waals surface area (Å²) < 4.78 is 2.87. The Morgan fingerprint density at radius 1 is 1.28 bits per heavy atom. The summed E-state index contributed by atoms with van der Waals surface area (Å²) in [5.74, 6) is -0.185. The summed E-state index contributed by atoms with van der Waals surface area (Å²) in [4.78, 5) is 29.3. The first-order valence-electron chi connectivity index (χ1n) is 8.33. The molecule has 25 heavy (non-hydrogen) atoms. The van der Waals surface area contributed by atoms with Crippen LogP contribution in [-0.2, 0) is 23.9 Å². The molecule has 1 aliphatic rings. The highest BCUT2D eigenvalue weighted by atomic mass is 16.2. The molecular weight excluding hydrogens is 318 g/mol. The van der Waals surface area contributed by atoms with E-state index in [1.807, 2.05) is 30.3 Å². The summed E-state index contributed by atoms with van der Waals surface area (Å²) >= 11 is 0. The number of aromatic nitrogens is 4. The van der Waals surface area contributed by atoms with E-state index >= 15 is 0 Å². The van der Waals surface area contributed by atoms with Crippen molar-refractivity contribution in [3.05, 3.63) is 58.8 Å². The van der Waals surface area contributed by atoms with E-state index in [1.165, 1.54) is 17.1 Å². The summed E-state index contributed by atoms with van der Waals surface area (Å²) in [6.07, 6.45) is 5.80. The summed E-state index contributed by atoms with van der Waals surface area (Å²) in [5, 5.41) is 7.58. The third-order valence-electron chi connectivity index (χ3n) is 4.94. The molecule has 1 aromatic carbocycles. The van der Waals surface area contributed by atoms with Crippen molar-refractivity contribution in [3.8, 4) is 0 Å². The monoisotopic (exact) mass is 337 g/mol. The van der Waals surface area contributed by atoms with Gasteiger partial charge in [-0.25, -0.2) is 4.98 Å². The Bertz CT molecular complexity index is 986. The number of benzene rings is 1. The smallest absolute Gasteiger partial charge is 0.264 e. The maximum atomic E-state index is 12.6. The van der Waals surface area contributed by atoms with Gasteiger partial charge < -0.3 is 5.32 Å². The molecule has 128 valence electrons. The third-order valence-corrected chi connectivity index (χ3v) is 4.94. The molecule has 1 aliphatic carbocycles. The van der Waals surface area contributed by atoms with Gasteiger partial charge in [0, 0.05) is 7.05 Å². The van der Waals surface area contributed by atoms with Crippen molar-refractivity contribution in [3.63, 3.8) is 0 Å². The lowest BCUT2D eigenvalue weighted by molar-refractivity contribution is -0.125. The number of hydrogen-bond donors (Lipinski definition) is 1. The number of carbonyl (C=O) groups excluding carboxylic acids is 1. The second kappa shape index (κ2) is 5.84. The quantitative estimate of drug-likeness (QED) is 0.778. The van der Waals surface area contributed by atoms with Gasteiger partial charge in [-0.2, -0.15) is 5.10 Å². The first kappa shape index (κ1) is 15.6. The minimum absolute atomic E-state index is 0.0503. The predicted octanol–water partition coefficient (Wildman–Crippen LogP) is 1.33. The van der Waals surface area contributed by atoms with E-state index in [0.717, 1.165) is 24.8 Å².